The zero-order chi connectivity index (χ0) is 34.5. The summed E-state index contributed by atoms with van der Waals surface area (Å²) in [6.45, 7) is 6.83. The number of unbranched alkanes of at least 4 members (excludes halogenated alkanes) is 30. The molecule has 1 atom stereocenters. The molecule has 280 valence electrons. The summed E-state index contributed by atoms with van der Waals surface area (Å²) in [5, 5.41) is 0. The molecule has 0 aromatic rings. The predicted octanol–water partition coefficient (Wildman–Crippen LogP) is 13.9. The molecule has 4 nitrogen and oxygen atoms in total. The molecule has 0 aromatic carbocycles. The highest BCUT2D eigenvalue weighted by molar-refractivity contribution is 5.90. The second-order valence-electron chi connectivity index (χ2n) is 15.0. The van der Waals surface area contributed by atoms with Crippen LogP contribution in [0.4, 0.5) is 0 Å². The number of hydrogen-bond acceptors (Lipinski definition) is 4. The van der Waals surface area contributed by atoms with Crippen LogP contribution in [-0.2, 0) is 14.3 Å². The first-order chi connectivity index (χ1) is 23.1. The summed E-state index contributed by atoms with van der Waals surface area (Å²) in [7, 11) is 0. The molecule has 0 spiro atoms. The van der Waals surface area contributed by atoms with Crippen molar-refractivity contribution in [1.82, 2.24) is 0 Å². The summed E-state index contributed by atoms with van der Waals surface area (Å²) in [6, 6.07) is 0. The van der Waals surface area contributed by atoms with E-state index >= 15 is 0 Å². The summed E-state index contributed by atoms with van der Waals surface area (Å²) in [6.07, 6.45) is 43.6. The molecule has 0 aliphatic rings. The van der Waals surface area contributed by atoms with Gasteiger partial charge in [0, 0.05) is 19.4 Å². The van der Waals surface area contributed by atoms with E-state index in [1.165, 1.54) is 167 Å². The molecule has 0 aromatic heterocycles. The molecule has 1 unspecified atom stereocenters. The largest absolute Gasteiger partial charge is 0.450 e. The van der Waals surface area contributed by atoms with E-state index < -0.39 is 5.60 Å². The molecule has 0 saturated carbocycles. The number of ketones is 1. The molecule has 4 heteroatoms. The highest BCUT2D eigenvalue weighted by atomic mass is 16.6. The zero-order valence-corrected chi connectivity index (χ0v) is 32.5. The van der Waals surface area contributed by atoms with Crippen LogP contribution in [0.5, 0.6) is 0 Å². The molecular weight excluding hydrogens is 578 g/mol. The molecule has 47 heavy (non-hydrogen) atoms. The molecule has 2 N–H and O–H groups in total. The number of esters is 1. The number of carbonyl (C=O) groups excluding carboxylic acids is 2. The lowest BCUT2D eigenvalue weighted by atomic mass is 9.88. The van der Waals surface area contributed by atoms with Crippen molar-refractivity contribution in [3.8, 4) is 0 Å². The summed E-state index contributed by atoms with van der Waals surface area (Å²) >= 11 is 0. The standard InChI is InChI=1S/C43H85NO3/c1-4-7-10-12-14-16-18-20-22-24-26-28-30-32-34-37-41(45)43(40-44,39-36-9-6-3)47-42(46)38-35-33-31-29-27-25-23-21-19-17-15-13-11-8-5-2/h4-40,44H2,1-3H3. The third-order valence-corrected chi connectivity index (χ3v) is 10.3. The van der Waals surface area contributed by atoms with Gasteiger partial charge in [-0.2, -0.15) is 0 Å². The van der Waals surface area contributed by atoms with Crippen LogP contribution in [0.1, 0.15) is 252 Å². The average molecular weight is 664 g/mol. The van der Waals surface area contributed by atoms with E-state index in [0.29, 0.717) is 19.3 Å². The van der Waals surface area contributed by atoms with Gasteiger partial charge in [0.2, 0.25) is 0 Å². The lowest BCUT2D eigenvalue weighted by Crippen LogP contribution is -2.49. The van der Waals surface area contributed by atoms with Gasteiger partial charge in [0.25, 0.3) is 0 Å². The Morgan fingerprint density at radius 3 is 1.00 bits per heavy atom. The van der Waals surface area contributed by atoms with Crippen LogP contribution in [0.15, 0.2) is 0 Å². The second-order valence-corrected chi connectivity index (χ2v) is 15.0. The Morgan fingerprint density at radius 1 is 0.404 bits per heavy atom. The van der Waals surface area contributed by atoms with Crippen molar-refractivity contribution in [3.63, 3.8) is 0 Å². The van der Waals surface area contributed by atoms with Crippen LogP contribution in [-0.4, -0.2) is 23.9 Å². The molecule has 0 saturated heterocycles. The summed E-state index contributed by atoms with van der Waals surface area (Å²) in [4.78, 5) is 26.3. The van der Waals surface area contributed by atoms with Crippen LogP contribution >= 0.6 is 0 Å². The third kappa shape index (κ3) is 29.7. The van der Waals surface area contributed by atoms with Crippen LogP contribution < -0.4 is 5.73 Å². The average Bonchev–Trinajstić information content (AvgIpc) is 3.07. The van der Waals surface area contributed by atoms with Gasteiger partial charge < -0.3 is 10.5 Å². The van der Waals surface area contributed by atoms with Crippen LogP contribution in [0.2, 0.25) is 0 Å². The Labute approximate surface area is 295 Å². The number of ether oxygens (including phenoxy) is 1. The number of nitrogens with two attached hydrogens (primary N) is 1. The highest BCUT2D eigenvalue weighted by Crippen LogP contribution is 2.25. The molecule has 0 aliphatic heterocycles. The Morgan fingerprint density at radius 2 is 0.681 bits per heavy atom. The van der Waals surface area contributed by atoms with Crippen LogP contribution in [0.3, 0.4) is 0 Å². The maximum atomic E-state index is 13.4. The van der Waals surface area contributed by atoms with Gasteiger partial charge in [-0.15, -0.1) is 0 Å². The van der Waals surface area contributed by atoms with Gasteiger partial charge >= 0.3 is 5.97 Å². The lowest BCUT2D eigenvalue weighted by molar-refractivity contribution is -0.168. The van der Waals surface area contributed by atoms with Crippen LogP contribution in [0.25, 0.3) is 0 Å². The van der Waals surface area contributed by atoms with Crippen molar-refractivity contribution in [1.29, 1.82) is 0 Å². The van der Waals surface area contributed by atoms with Gasteiger partial charge in [-0.25, -0.2) is 0 Å². The van der Waals surface area contributed by atoms with Crippen molar-refractivity contribution in [2.75, 3.05) is 6.54 Å². The molecule has 0 radical (unpaired) electrons. The van der Waals surface area contributed by atoms with E-state index in [1.54, 1.807) is 0 Å². The SMILES string of the molecule is CCCCCCCCCCCCCCCCCC(=O)OC(CN)(CCCCC)C(=O)CCCCCCCCCCCCCCCCC. The van der Waals surface area contributed by atoms with E-state index in [4.69, 9.17) is 10.5 Å². The molecule has 0 rings (SSSR count). The predicted molar refractivity (Wildman–Crippen MR) is 206 cm³/mol. The van der Waals surface area contributed by atoms with Gasteiger partial charge in [-0.3, -0.25) is 9.59 Å². The van der Waals surface area contributed by atoms with Crippen molar-refractivity contribution in [3.05, 3.63) is 0 Å². The minimum atomic E-state index is -1.11. The van der Waals surface area contributed by atoms with E-state index in [0.717, 1.165) is 44.9 Å². The van der Waals surface area contributed by atoms with Crippen LogP contribution in [0, 0.1) is 0 Å². The topological polar surface area (TPSA) is 69.4 Å². The fraction of sp³-hybridized carbons (Fsp3) is 0.953. The van der Waals surface area contributed by atoms with E-state index in [-0.39, 0.29) is 18.3 Å². The Hall–Kier alpha value is -0.900. The van der Waals surface area contributed by atoms with Gasteiger partial charge in [0.1, 0.15) is 0 Å². The third-order valence-electron chi connectivity index (χ3n) is 10.3. The maximum absolute atomic E-state index is 13.4. The van der Waals surface area contributed by atoms with E-state index in [2.05, 4.69) is 20.8 Å². The minimum Gasteiger partial charge on any atom is -0.450 e. The quantitative estimate of drug-likeness (QED) is 0.0525. The molecule has 0 bridgehead atoms. The van der Waals surface area contributed by atoms with Crippen molar-refractivity contribution in [2.24, 2.45) is 5.73 Å². The normalized spacial score (nSPS) is 12.8. The first kappa shape index (κ1) is 46.1. The maximum Gasteiger partial charge on any atom is 0.306 e. The van der Waals surface area contributed by atoms with Gasteiger partial charge in [-0.1, -0.05) is 213 Å². The fourth-order valence-electron chi connectivity index (χ4n) is 6.96. The number of rotatable bonds is 39. The van der Waals surface area contributed by atoms with Crippen molar-refractivity contribution >= 4 is 11.8 Å². The Kier molecular flexibility index (Phi) is 35.7. The van der Waals surface area contributed by atoms with Gasteiger partial charge in [0.05, 0.1) is 0 Å². The second kappa shape index (κ2) is 36.4. The summed E-state index contributed by atoms with van der Waals surface area (Å²) < 4.78 is 5.98. The number of hydrogen-bond donors (Lipinski definition) is 1. The smallest absolute Gasteiger partial charge is 0.306 e. The van der Waals surface area contributed by atoms with Gasteiger partial charge in [-0.05, 0) is 25.7 Å². The number of carbonyl (C=O) groups is 2. The monoisotopic (exact) mass is 664 g/mol. The molecular formula is C43H85NO3. The summed E-state index contributed by atoms with van der Waals surface area (Å²) in [5.74, 6) is -0.179. The van der Waals surface area contributed by atoms with E-state index in [9.17, 15) is 9.59 Å². The Balaban J connectivity index is 4.07. The molecule has 0 heterocycles. The van der Waals surface area contributed by atoms with E-state index in [1.807, 2.05) is 0 Å². The highest BCUT2D eigenvalue weighted by Gasteiger charge is 2.39. The lowest BCUT2D eigenvalue weighted by Gasteiger charge is -2.31. The fourth-order valence-corrected chi connectivity index (χ4v) is 6.96. The van der Waals surface area contributed by atoms with Gasteiger partial charge in [0.15, 0.2) is 11.4 Å². The Bertz CT molecular complexity index is 665. The summed E-state index contributed by atoms with van der Waals surface area (Å²) in [5.41, 5.74) is 5.07. The number of Topliss-reactive ketones (excluding diaryl/α,β-unsaturated/α-hetero) is 1. The molecule has 0 amide bonds. The first-order valence-corrected chi connectivity index (χ1v) is 21.5. The molecule has 0 aliphatic carbocycles. The van der Waals surface area contributed by atoms with Crippen molar-refractivity contribution in [2.45, 2.75) is 258 Å². The zero-order valence-electron chi connectivity index (χ0n) is 32.5. The first-order valence-electron chi connectivity index (χ1n) is 21.5. The molecule has 0 fully saturated rings. The van der Waals surface area contributed by atoms with Crippen molar-refractivity contribution < 1.29 is 14.3 Å². The minimum absolute atomic E-state index is 0.0515.